The van der Waals surface area contributed by atoms with Gasteiger partial charge in [0, 0.05) is 5.39 Å². The lowest BCUT2D eigenvalue weighted by molar-refractivity contribution is 0.0951. The van der Waals surface area contributed by atoms with E-state index >= 15 is 0 Å². The van der Waals surface area contributed by atoms with Crippen LogP contribution in [-0.4, -0.2) is 26.1 Å². The Morgan fingerprint density at radius 1 is 1.35 bits per heavy atom. The van der Waals surface area contributed by atoms with Crippen LogP contribution >= 0.6 is 11.6 Å². The summed E-state index contributed by atoms with van der Waals surface area (Å²) >= 11 is 5.95. The normalized spacial score (nSPS) is 10.7. The molecule has 2 aromatic heterocycles. The lowest BCUT2D eigenvalue weighted by Gasteiger charge is -2.07. The van der Waals surface area contributed by atoms with E-state index in [1.807, 2.05) is 24.3 Å². The molecule has 0 aliphatic rings. The van der Waals surface area contributed by atoms with Gasteiger partial charge in [0.05, 0.1) is 17.6 Å². The predicted molar refractivity (Wildman–Crippen MR) is 74.3 cm³/mol. The predicted octanol–water partition coefficient (Wildman–Crippen LogP) is 1.94. The van der Waals surface area contributed by atoms with E-state index < -0.39 is 0 Å². The number of rotatable bonds is 3. The van der Waals surface area contributed by atoms with Crippen LogP contribution in [0.15, 0.2) is 36.7 Å². The van der Waals surface area contributed by atoms with Crippen molar-refractivity contribution in [3.63, 3.8) is 0 Å². The number of nitrogens with one attached hydrogen (secondary N) is 2. The lowest BCUT2D eigenvalue weighted by Crippen LogP contribution is -2.23. The van der Waals surface area contributed by atoms with E-state index in [2.05, 4.69) is 25.5 Å². The fraction of sp³-hybridized carbons (Fsp3) is 0.0769. The number of nitrogens with zero attached hydrogens (tertiary/aromatic N) is 3. The zero-order chi connectivity index (χ0) is 13.9. The number of carbonyl (C=O) groups excluding carboxylic acids is 1. The van der Waals surface area contributed by atoms with Gasteiger partial charge >= 0.3 is 0 Å². The molecule has 0 saturated carbocycles. The fourth-order valence-corrected chi connectivity index (χ4v) is 2.11. The van der Waals surface area contributed by atoms with Crippen molar-refractivity contribution in [1.82, 2.24) is 25.5 Å². The Labute approximate surface area is 119 Å². The number of hydrogen-bond donors (Lipinski definition) is 2. The third-order valence-corrected chi connectivity index (χ3v) is 3.00. The van der Waals surface area contributed by atoms with Gasteiger partial charge in [-0.3, -0.25) is 9.89 Å². The van der Waals surface area contributed by atoms with Crippen LogP contribution in [0.1, 0.15) is 16.2 Å². The van der Waals surface area contributed by atoms with Gasteiger partial charge in [-0.05, 0) is 12.1 Å². The smallest absolute Gasteiger partial charge is 0.252 e. The molecule has 0 fully saturated rings. The zero-order valence-corrected chi connectivity index (χ0v) is 11.1. The molecule has 1 aromatic carbocycles. The number of pyridine rings is 1. The first kappa shape index (κ1) is 12.6. The number of amides is 1. The summed E-state index contributed by atoms with van der Waals surface area (Å²) in [5, 5.41) is 10.2. The van der Waals surface area contributed by atoms with Gasteiger partial charge in [-0.1, -0.05) is 29.8 Å². The number of benzene rings is 1. The summed E-state index contributed by atoms with van der Waals surface area (Å²) in [6.07, 6.45) is 1.39. The van der Waals surface area contributed by atoms with E-state index in [9.17, 15) is 4.79 Å². The minimum atomic E-state index is -0.234. The largest absolute Gasteiger partial charge is 0.345 e. The Morgan fingerprint density at radius 3 is 3.00 bits per heavy atom. The third kappa shape index (κ3) is 2.46. The SMILES string of the molecule is O=C(NCc1ncn[nH]1)c1cc(Cl)nc2ccccc12. The van der Waals surface area contributed by atoms with E-state index in [-0.39, 0.29) is 17.6 Å². The second-order valence-electron chi connectivity index (χ2n) is 4.12. The van der Waals surface area contributed by atoms with Crippen molar-refractivity contribution in [2.75, 3.05) is 0 Å². The minimum absolute atomic E-state index is 0.234. The van der Waals surface area contributed by atoms with Crippen molar-refractivity contribution >= 4 is 28.4 Å². The molecular formula is C13H10ClN5O. The van der Waals surface area contributed by atoms with Gasteiger partial charge in [-0.2, -0.15) is 5.10 Å². The highest BCUT2D eigenvalue weighted by Crippen LogP contribution is 2.20. The van der Waals surface area contributed by atoms with Crippen LogP contribution in [0.2, 0.25) is 5.15 Å². The molecule has 0 spiro atoms. The third-order valence-electron chi connectivity index (χ3n) is 2.81. The average Bonchev–Trinajstić information content (AvgIpc) is 2.97. The summed E-state index contributed by atoms with van der Waals surface area (Å²) in [6, 6.07) is 8.91. The van der Waals surface area contributed by atoms with E-state index in [0.717, 1.165) is 5.39 Å². The number of H-pyrrole nitrogens is 1. The van der Waals surface area contributed by atoms with E-state index in [0.29, 0.717) is 16.9 Å². The van der Waals surface area contributed by atoms with Crippen LogP contribution in [0, 0.1) is 0 Å². The fourth-order valence-electron chi connectivity index (χ4n) is 1.91. The Bertz CT molecular complexity index is 757. The molecule has 7 heteroatoms. The van der Waals surface area contributed by atoms with E-state index in [4.69, 9.17) is 11.6 Å². The Kier molecular flexibility index (Phi) is 3.30. The van der Waals surface area contributed by atoms with Crippen molar-refractivity contribution < 1.29 is 4.79 Å². The molecule has 0 aliphatic carbocycles. The first-order valence-corrected chi connectivity index (χ1v) is 6.29. The van der Waals surface area contributed by atoms with Gasteiger partial charge in [-0.15, -0.1) is 0 Å². The van der Waals surface area contributed by atoms with Gasteiger partial charge in [-0.25, -0.2) is 9.97 Å². The molecule has 3 rings (SSSR count). The first-order chi connectivity index (χ1) is 9.74. The lowest BCUT2D eigenvalue weighted by atomic mass is 10.1. The highest BCUT2D eigenvalue weighted by Gasteiger charge is 2.12. The summed E-state index contributed by atoms with van der Waals surface area (Å²) in [5.74, 6) is 0.352. The molecule has 0 aliphatic heterocycles. The van der Waals surface area contributed by atoms with Crippen LogP contribution in [0.25, 0.3) is 10.9 Å². The Hall–Kier alpha value is -2.47. The van der Waals surface area contributed by atoms with Crippen molar-refractivity contribution in [1.29, 1.82) is 0 Å². The van der Waals surface area contributed by atoms with Crippen molar-refractivity contribution in [2.45, 2.75) is 6.54 Å². The number of hydrogen-bond acceptors (Lipinski definition) is 4. The molecule has 0 unspecified atom stereocenters. The maximum Gasteiger partial charge on any atom is 0.252 e. The molecule has 1 amide bonds. The molecule has 0 atom stereocenters. The second-order valence-corrected chi connectivity index (χ2v) is 4.51. The zero-order valence-electron chi connectivity index (χ0n) is 10.3. The average molecular weight is 288 g/mol. The number of aromatic nitrogens is 4. The maximum atomic E-state index is 12.2. The maximum absolute atomic E-state index is 12.2. The van der Waals surface area contributed by atoms with E-state index in [1.54, 1.807) is 6.07 Å². The molecule has 2 N–H and O–H groups in total. The number of carbonyl (C=O) groups is 1. The monoisotopic (exact) mass is 287 g/mol. The molecule has 2 heterocycles. The summed E-state index contributed by atoms with van der Waals surface area (Å²) in [5.41, 5.74) is 1.17. The topological polar surface area (TPSA) is 83.6 Å². The molecule has 100 valence electrons. The van der Waals surface area contributed by atoms with Crippen molar-refractivity contribution in [3.05, 3.63) is 53.2 Å². The quantitative estimate of drug-likeness (QED) is 0.721. The van der Waals surface area contributed by atoms with Crippen LogP contribution in [0.4, 0.5) is 0 Å². The van der Waals surface area contributed by atoms with Gasteiger partial charge in [0.2, 0.25) is 0 Å². The van der Waals surface area contributed by atoms with Gasteiger partial charge in [0.25, 0.3) is 5.91 Å². The molecule has 0 radical (unpaired) electrons. The van der Waals surface area contributed by atoms with Crippen molar-refractivity contribution in [3.8, 4) is 0 Å². The van der Waals surface area contributed by atoms with Crippen LogP contribution in [-0.2, 0) is 6.54 Å². The Morgan fingerprint density at radius 2 is 2.20 bits per heavy atom. The van der Waals surface area contributed by atoms with Gasteiger partial charge < -0.3 is 5.32 Å². The minimum Gasteiger partial charge on any atom is -0.345 e. The van der Waals surface area contributed by atoms with Crippen LogP contribution in [0.3, 0.4) is 0 Å². The second kappa shape index (κ2) is 5.26. The summed E-state index contributed by atoms with van der Waals surface area (Å²) in [4.78, 5) is 20.4. The molecule has 20 heavy (non-hydrogen) atoms. The summed E-state index contributed by atoms with van der Waals surface area (Å²) in [7, 11) is 0. The van der Waals surface area contributed by atoms with Gasteiger partial charge in [0.15, 0.2) is 0 Å². The molecular weight excluding hydrogens is 278 g/mol. The summed E-state index contributed by atoms with van der Waals surface area (Å²) in [6.45, 7) is 0.271. The number of para-hydroxylation sites is 1. The van der Waals surface area contributed by atoms with Crippen LogP contribution in [0.5, 0.6) is 0 Å². The number of halogens is 1. The highest BCUT2D eigenvalue weighted by molar-refractivity contribution is 6.30. The number of aromatic amines is 1. The molecule has 3 aromatic rings. The molecule has 0 saturated heterocycles. The van der Waals surface area contributed by atoms with Crippen LogP contribution < -0.4 is 5.32 Å². The summed E-state index contributed by atoms with van der Waals surface area (Å²) < 4.78 is 0. The first-order valence-electron chi connectivity index (χ1n) is 5.92. The molecule has 0 bridgehead atoms. The van der Waals surface area contributed by atoms with Gasteiger partial charge in [0.1, 0.15) is 17.3 Å². The highest BCUT2D eigenvalue weighted by atomic mass is 35.5. The molecule has 6 nitrogen and oxygen atoms in total. The van der Waals surface area contributed by atoms with E-state index in [1.165, 1.54) is 6.33 Å². The Balaban J connectivity index is 1.90. The number of fused-ring (bicyclic) bond motifs is 1. The standard InChI is InChI=1S/C13H10ClN5O/c14-11-5-9(8-3-1-2-4-10(8)18-11)13(20)15-6-12-16-7-17-19-12/h1-5,7H,6H2,(H,15,20)(H,16,17,19). The van der Waals surface area contributed by atoms with Crippen molar-refractivity contribution in [2.24, 2.45) is 0 Å².